The van der Waals surface area contributed by atoms with Crippen molar-refractivity contribution in [2.45, 2.75) is 26.7 Å². The highest BCUT2D eigenvalue weighted by Gasteiger charge is 2.24. The van der Waals surface area contributed by atoms with Crippen molar-refractivity contribution >= 4 is 104 Å². The number of aliphatic hydroxyl groups is 1. The Labute approximate surface area is 346 Å². The maximum atomic E-state index is 10.9. The van der Waals surface area contributed by atoms with E-state index >= 15 is 0 Å². The van der Waals surface area contributed by atoms with Crippen LogP contribution in [0.1, 0.15) is 29.5 Å². The first kappa shape index (κ1) is 35.1. The summed E-state index contributed by atoms with van der Waals surface area (Å²) in [7, 11) is 0. The third kappa shape index (κ3) is 5.80. The van der Waals surface area contributed by atoms with Crippen LogP contribution in [0.25, 0.3) is 58.5 Å². The summed E-state index contributed by atoms with van der Waals surface area (Å²) in [5.41, 5.74) is 12.4. The number of rotatable bonds is 7. The molecule has 0 radical (unpaired) electrons. The first-order valence-corrected chi connectivity index (χ1v) is 21.0. The summed E-state index contributed by atoms with van der Waals surface area (Å²) >= 11 is 1.84. The molecule has 10 aromatic rings. The molecule has 0 atom stereocenters. The number of nitrogens with zero attached hydrogens (tertiary/aromatic N) is 2. The van der Waals surface area contributed by atoms with E-state index in [4.69, 9.17) is 4.42 Å². The van der Waals surface area contributed by atoms with Gasteiger partial charge in [-0.05, 0) is 103 Å². The Morgan fingerprint density at radius 1 is 0.525 bits per heavy atom. The lowest BCUT2D eigenvalue weighted by atomic mass is 9.96. The minimum Gasteiger partial charge on any atom is -0.512 e. The van der Waals surface area contributed by atoms with Gasteiger partial charge in [0.15, 0.2) is 5.58 Å². The van der Waals surface area contributed by atoms with Crippen LogP contribution in [-0.2, 0) is 0 Å². The molecule has 2 aromatic heterocycles. The van der Waals surface area contributed by atoms with Gasteiger partial charge in [-0.25, -0.2) is 0 Å². The Morgan fingerprint density at radius 2 is 1.17 bits per heavy atom. The number of hydrogen-bond acceptors (Lipinski definition) is 5. The predicted molar refractivity (Wildman–Crippen MR) is 251 cm³/mol. The van der Waals surface area contributed by atoms with Crippen molar-refractivity contribution < 1.29 is 9.52 Å². The minimum atomic E-state index is 0.443. The van der Waals surface area contributed by atoms with Crippen molar-refractivity contribution in [2.75, 3.05) is 9.80 Å². The molecule has 0 bridgehead atoms. The molecule has 4 nitrogen and oxygen atoms in total. The molecule has 0 unspecified atom stereocenters. The molecule has 284 valence electrons. The van der Waals surface area contributed by atoms with Crippen LogP contribution >= 0.6 is 11.3 Å². The number of para-hydroxylation sites is 4. The predicted octanol–water partition coefficient (Wildman–Crippen LogP) is 16.3. The number of anilines is 6. The highest BCUT2D eigenvalue weighted by Crippen LogP contribution is 2.49. The van der Waals surface area contributed by atoms with Gasteiger partial charge in [0.25, 0.3) is 0 Å². The zero-order valence-corrected chi connectivity index (χ0v) is 33.6. The lowest BCUT2D eigenvalue weighted by Crippen LogP contribution is -2.12. The number of furan rings is 1. The normalized spacial score (nSPS) is 13.1. The summed E-state index contributed by atoms with van der Waals surface area (Å²) in [5.74, 6) is 0.443. The molecule has 0 amide bonds. The van der Waals surface area contributed by atoms with Crippen molar-refractivity contribution in [2.24, 2.45) is 0 Å². The van der Waals surface area contributed by atoms with Gasteiger partial charge < -0.3 is 19.3 Å². The highest BCUT2D eigenvalue weighted by molar-refractivity contribution is 7.26. The Hall–Kier alpha value is -7.08. The van der Waals surface area contributed by atoms with Gasteiger partial charge in [-0.3, -0.25) is 0 Å². The van der Waals surface area contributed by atoms with Crippen molar-refractivity contribution in [1.82, 2.24) is 0 Å². The smallest absolute Gasteiger partial charge is 0.159 e. The number of fused-ring (bicyclic) bond motifs is 8. The zero-order valence-electron chi connectivity index (χ0n) is 32.8. The van der Waals surface area contributed by atoms with Crippen LogP contribution in [0.3, 0.4) is 0 Å². The quantitative estimate of drug-likeness (QED) is 0.175. The Morgan fingerprint density at radius 3 is 1.95 bits per heavy atom. The molecule has 11 rings (SSSR count). The summed E-state index contributed by atoms with van der Waals surface area (Å²) in [6, 6.07) is 58.7. The molecule has 8 aromatic carbocycles. The maximum absolute atomic E-state index is 10.9. The fourth-order valence-corrected chi connectivity index (χ4v) is 10.2. The third-order valence-electron chi connectivity index (χ3n) is 11.8. The van der Waals surface area contributed by atoms with Crippen LogP contribution < -0.4 is 9.80 Å². The monoisotopic (exact) mass is 780 g/mol. The first-order chi connectivity index (χ1) is 29.0. The van der Waals surface area contributed by atoms with Gasteiger partial charge in [0, 0.05) is 71.1 Å². The van der Waals surface area contributed by atoms with Crippen molar-refractivity contribution in [3.63, 3.8) is 0 Å². The highest BCUT2D eigenvalue weighted by atomic mass is 32.1. The van der Waals surface area contributed by atoms with Crippen LogP contribution in [0.5, 0.6) is 0 Å². The molecule has 59 heavy (non-hydrogen) atoms. The summed E-state index contributed by atoms with van der Waals surface area (Å²) in [6.07, 6.45) is 5.72. The van der Waals surface area contributed by atoms with E-state index in [1.165, 1.54) is 42.1 Å². The summed E-state index contributed by atoms with van der Waals surface area (Å²) < 4.78 is 9.10. The number of aryl methyl sites for hydroxylation is 2. The molecule has 1 aliphatic rings. The first-order valence-electron chi connectivity index (χ1n) is 20.2. The number of aliphatic hydroxyl groups excluding tert-OH is 1. The van der Waals surface area contributed by atoms with Gasteiger partial charge in [-0.15, -0.1) is 11.3 Å². The van der Waals surface area contributed by atoms with Crippen LogP contribution in [0, 0.1) is 13.8 Å². The zero-order chi connectivity index (χ0) is 39.6. The fourth-order valence-electron chi connectivity index (χ4n) is 9.01. The van der Waals surface area contributed by atoms with Crippen molar-refractivity contribution in [3.05, 3.63) is 198 Å². The van der Waals surface area contributed by atoms with Crippen LogP contribution in [0.15, 0.2) is 186 Å². The minimum absolute atomic E-state index is 0.443. The molecule has 5 heteroatoms. The maximum Gasteiger partial charge on any atom is 0.159 e. The second-order valence-corrected chi connectivity index (χ2v) is 16.5. The lowest BCUT2D eigenvalue weighted by Gasteiger charge is -2.29. The molecule has 0 saturated carbocycles. The summed E-state index contributed by atoms with van der Waals surface area (Å²) in [5, 5.41) is 18.0. The number of benzene rings is 8. The molecule has 1 aliphatic carbocycles. The van der Waals surface area contributed by atoms with Gasteiger partial charge in [0.2, 0.25) is 0 Å². The van der Waals surface area contributed by atoms with Gasteiger partial charge >= 0.3 is 0 Å². The van der Waals surface area contributed by atoms with Crippen LogP contribution in [0.2, 0.25) is 0 Å². The average molecular weight is 781 g/mol. The molecule has 1 N–H and O–H groups in total. The van der Waals surface area contributed by atoms with E-state index in [1.54, 1.807) is 0 Å². The topological polar surface area (TPSA) is 39.9 Å². The van der Waals surface area contributed by atoms with E-state index in [1.807, 2.05) is 23.5 Å². The van der Waals surface area contributed by atoms with E-state index in [2.05, 4.69) is 187 Å². The molecule has 0 saturated heterocycles. The van der Waals surface area contributed by atoms with E-state index in [9.17, 15) is 5.11 Å². The number of allylic oxidation sites excluding steroid dienone is 4. The summed E-state index contributed by atoms with van der Waals surface area (Å²) in [6.45, 7) is 4.36. The van der Waals surface area contributed by atoms with E-state index in [0.29, 0.717) is 12.2 Å². The third-order valence-corrected chi connectivity index (χ3v) is 13.0. The second-order valence-electron chi connectivity index (χ2n) is 15.4. The van der Waals surface area contributed by atoms with Gasteiger partial charge in [-0.1, -0.05) is 115 Å². The van der Waals surface area contributed by atoms with Gasteiger partial charge in [0.1, 0.15) is 11.3 Å². The molecule has 0 spiro atoms. The number of thiophene rings is 1. The molecule has 0 aliphatic heterocycles. The Balaban J connectivity index is 1.14. The molecular formula is C54H40N2O2S. The van der Waals surface area contributed by atoms with E-state index < -0.39 is 0 Å². The fraction of sp³-hybridized carbons (Fsp3) is 0.0741. The summed E-state index contributed by atoms with van der Waals surface area (Å²) in [4.78, 5) is 4.76. The standard InChI is InChI=1S/C54H40N2O2S/c1-34-15-3-9-24-45(34)55(47-26-14-23-43-41-21-8-12-28-50(41)58-54(43)47)38-29-30-51-44(32-38)53-42-22-6-5-20-40(42)48(33-52(53)59-51)56(46-25-10-4-16-35(46)2)37-18-13-17-36(31-37)39-19-7-11-27-49(39)57/h3-10,12-26,28-33,57H,11,27H2,1-2H3. The lowest BCUT2D eigenvalue weighted by molar-refractivity contribution is 0.391. The SMILES string of the molecule is Cc1ccccc1N(c1cccc(C2=C(O)CCC=C2)c1)c1cc2sc3ccc(N(c4ccccc4C)c4cccc5c4oc4ccccc45)cc3c2c2ccccc12. The Bertz CT molecular complexity index is 3350. The van der Waals surface area contributed by atoms with Crippen molar-refractivity contribution in [1.29, 1.82) is 0 Å². The second kappa shape index (κ2) is 14.1. The van der Waals surface area contributed by atoms with E-state index in [0.717, 1.165) is 73.6 Å². The van der Waals surface area contributed by atoms with Crippen molar-refractivity contribution in [3.8, 4) is 0 Å². The van der Waals surface area contributed by atoms with E-state index in [-0.39, 0.29) is 0 Å². The largest absolute Gasteiger partial charge is 0.512 e. The van der Waals surface area contributed by atoms with Gasteiger partial charge in [0.05, 0.1) is 11.4 Å². The number of hydrogen-bond donors (Lipinski definition) is 1. The molecule has 0 fully saturated rings. The Kier molecular flexibility index (Phi) is 8.38. The van der Waals surface area contributed by atoms with Gasteiger partial charge in [-0.2, -0.15) is 0 Å². The van der Waals surface area contributed by atoms with Crippen LogP contribution in [0.4, 0.5) is 34.1 Å². The average Bonchev–Trinajstić information content (AvgIpc) is 3.84. The van der Waals surface area contributed by atoms with Crippen LogP contribution in [-0.4, -0.2) is 5.11 Å². The molecular weight excluding hydrogens is 741 g/mol. The molecule has 2 heterocycles.